The second-order valence-electron chi connectivity index (χ2n) is 5.68. The zero-order valence-electron chi connectivity index (χ0n) is 13.2. The molecule has 5 nitrogen and oxygen atoms in total. The molecule has 0 spiro atoms. The molecular weight excluding hydrogens is 300 g/mol. The van der Waals surface area contributed by atoms with Gasteiger partial charge >= 0.3 is 0 Å². The van der Waals surface area contributed by atoms with Crippen LogP contribution in [0.2, 0.25) is 0 Å². The van der Waals surface area contributed by atoms with Crippen molar-refractivity contribution in [2.75, 3.05) is 23.4 Å². The third kappa shape index (κ3) is 4.22. The van der Waals surface area contributed by atoms with Gasteiger partial charge in [0.25, 0.3) is 0 Å². The molecule has 22 heavy (non-hydrogen) atoms. The first-order valence-electron chi connectivity index (χ1n) is 7.79. The number of para-hydroxylation sites is 1. The number of sulfone groups is 1. The van der Waals surface area contributed by atoms with Gasteiger partial charge in [-0.25, -0.2) is 8.42 Å². The number of benzene rings is 1. The molecule has 1 heterocycles. The normalized spacial score (nSPS) is 19.8. The van der Waals surface area contributed by atoms with E-state index in [1.165, 1.54) is 11.1 Å². The number of rotatable bonds is 6. The summed E-state index contributed by atoms with van der Waals surface area (Å²) in [4.78, 5) is 12.0. The summed E-state index contributed by atoms with van der Waals surface area (Å²) in [5.74, 6) is 0.0733. The number of carbonyl (C=O) groups is 1. The molecule has 1 aliphatic heterocycles. The Balaban J connectivity index is 1.94. The van der Waals surface area contributed by atoms with Crippen LogP contribution in [0.25, 0.3) is 0 Å². The van der Waals surface area contributed by atoms with Gasteiger partial charge in [-0.1, -0.05) is 32.0 Å². The van der Waals surface area contributed by atoms with Crippen molar-refractivity contribution in [1.29, 1.82) is 0 Å². The Morgan fingerprint density at radius 1 is 1.23 bits per heavy atom. The molecule has 1 aromatic rings. The highest BCUT2D eigenvalue weighted by Gasteiger charge is 2.28. The zero-order valence-corrected chi connectivity index (χ0v) is 14.0. The van der Waals surface area contributed by atoms with Crippen LogP contribution in [0, 0.1) is 0 Å². The third-order valence-corrected chi connectivity index (χ3v) is 5.79. The van der Waals surface area contributed by atoms with Crippen molar-refractivity contribution in [2.45, 2.75) is 39.2 Å². The highest BCUT2D eigenvalue weighted by molar-refractivity contribution is 7.91. The monoisotopic (exact) mass is 324 g/mol. The molecule has 1 atom stereocenters. The molecule has 0 aromatic heterocycles. The first kappa shape index (κ1) is 16.8. The fourth-order valence-electron chi connectivity index (χ4n) is 2.83. The molecule has 122 valence electrons. The summed E-state index contributed by atoms with van der Waals surface area (Å²) in [5, 5.41) is 6.02. The van der Waals surface area contributed by atoms with Crippen molar-refractivity contribution < 1.29 is 13.2 Å². The molecule has 1 unspecified atom stereocenters. The molecule has 0 aliphatic carbocycles. The first-order valence-corrected chi connectivity index (χ1v) is 9.61. The largest absolute Gasteiger partial charge is 0.376 e. The number of hydrogen-bond acceptors (Lipinski definition) is 4. The Morgan fingerprint density at radius 3 is 2.36 bits per heavy atom. The summed E-state index contributed by atoms with van der Waals surface area (Å²) in [6.07, 6.45) is 2.32. The van der Waals surface area contributed by atoms with E-state index in [0.29, 0.717) is 6.42 Å². The summed E-state index contributed by atoms with van der Waals surface area (Å²) in [7, 11) is -2.96. The smallest absolute Gasteiger partial charge is 0.239 e. The van der Waals surface area contributed by atoms with E-state index in [-0.39, 0.29) is 30.0 Å². The van der Waals surface area contributed by atoms with E-state index in [1.54, 1.807) is 0 Å². The van der Waals surface area contributed by atoms with Gasteiger partial charge in [0.05, 0.1) is 18.1 Å². The van der Waals surface area contributed by atoms with Crippen LogP contribution in [0.4, 0.5) is 5.69 Å². The predicted molar refractivity (Wildman–Crippen MR) is 88.9 cm³/mol. The summed E-state index contributed by atoms with van der Waals surface area (Å²) in [6, 6.07) is 5.91. The first-order chi connectivity index (χ1) is 10.4. The zero-order chi connectivity index (χ0) is 16.2. The molecule has 0 radical (unpaired) electrons. The highest BCUT2D eigenvalue weighted by atomic mass is 32.2. The van der Waals surface area contributed by atoms with E-state index in [2.05, 4.69) is 36.6 Å². The molecule has 0 saturated carbocycles. The summed E-state index contributed by atoms with van der Waals surface area (Å²) >= 11 is 0. The highest BCUT2D eigenvalue weighted by Crippen LogP contribution is 2.22. The van der Waals surface area contributed by atoms with Gasteiger partial charge in [0, 0.05) is 11.7 Å². The maximum Gasteiger partial charge on any atom is 0.239 e. The van der Waals surface area contributed by atoms with Crippen molar-refractivity contribution in [3.05, 3.63) is 29.3 Å². The Bertz CT molecular complexity index is 619. The standard InChI is InChI=1S/C16H24N2O3S/c1-3-12-6-5-7-13(4-2)16(12)17-10-15(19)18-14-8-9-22(20,21)11-14/h5-7,14,17H,3-4,8-11H2,1-2H3,(H,18,19). The van der Waals surface area contributed by atoms with Gasteiger partial charge in [-0.15, -0.1) is 0 Å². The van der Waals surface area contributed by atoms with E-state index in [4.69, 9.17) is 0 Å². The van der Waals surface area contributed by atoms with Gasteiger partial charge in [0.1, 0.15) is 0 Å². The minimum absolute atomic E-state index is 0.0600. The quantitative estimate of drug-likeness (QED) is 0.832. The van der Waals surface area contributed by atoms with Gasteiger partial charge in [-0.05, 0) is 30.4 Å². The van der Waals surface area contributed by atoms with Crippen LogP contribution in [0.1, 0.15) is 31.4 Å². The number of amides is 1. The fourth-order valence-corrected chi connectivity index (χ4v) is 4.50. The van der Waals surface area contributed by atoms with Crippen LogP contribution < -0.4 is 10.6 Å². The molecule has 1 fully saturated rings. The predicted octanol–water partition coefficient (Wildman–Crippen LogP) is 1.53. The minimum Gasteiger partial charge on any atom is -0.376 e. The SMILES string of the molecule is CCc1cccc(CC)c1NCC(=O)NC1CCS(=O)(=O)C1. The molecule has 6 heteroatoms. The van der Waals surface area contributed by atoms with Crippen molar-refractivity contribution in [1.82, 2.24) is 5.32 Å². The fraction of sp³-hybridized carbons (Fsp3) is 0.562. The number of aryl methyl sites for hydroxylation is 2. The molecule has 1 saturated heterocycles. The summed E-state index contributed by atoms with van der Waals surface area (Å²) < 4.78 is 22.8. The number of carbonyl (C=O) groups excluding carboxylic acids is 1. The van der Waals surface area contributed by atoms with E-state index < -0.39 is 9.84 Å². The maximum atomic E-state index is 12.0. The average molecular weight is 324 g/mol. The lowest BCUT2D eigenvalue weighted by Crippen LogP contribution is -2.39. The van der Waals surface area contributed by atoms with Crippen LogP contribution in [0.5, 0.6) is 0 Å². The van der Waals surface area contributed by atoms with Crippen LogP contribution in [-0.2, 0) is 27.5 Å². The lowest BCUT2D eigenvalue weighted by molar-refractivity contribution is -0.119. The summed E-state index contributed by atoms with van der Waals surface area (Å²) in [6.45, 7) is 4.34. The average Bonchev–Trinajstić information content (AvgIpc) is 2.83. The third-order valence-electron chi connectivity index (χ3n) is 4.02. The lowest BCUT2D eigenvalue weighted by atomic mass is 10.0. The molecule has 1 aliphatic rings. The van der Waals surface area contributed by atoms with Crippen LogP contribution in [0.3, 0.4) is 0 Å². The van der Waals surface area contributed by atoms with Crippen LogP contribution in [-0.4, -0.2) is 38.4 Å². The van der Waals surface area contributed by atoms with Crippen LogP contribution >= 0.6 is 0 Å². The molecule has 1 aromatic carbocycles. The van der Waals surface area contributed by atoms with Crippen LogP contribution in [0.15, 0.2) is 18.2 Å². The van der Waals surface area contributed by atoms with E-state index in [9.17, 15) is 13.2 Å². The Labute approximate surface area is 132 Å². The van der Waals surface area contributed by atoms with Crippen molar-refractivity contribution >= 4 is 21.4 Å². The molecule has 0 bridgehead atoms. The molecule has 2 rings (SSSR count). The minimum atomic E-state index is -2.96. The topological polar surface area (TPSA) is 75.3 Å². The van der Waals surface area contributed by atoms with Gasteiger partial charge in [0.2, 0.25) is 5.91 Å². The van der Waals surface area contributed by atoms with Gasteiger partial charge in [-0.2, -0.15) is 0 Å². The Kier molecular flexibility index (Phi) is 5.45. The maximum absolute atomic E-state index is 12.0. The summed E-state index contributed by atoms with van der Waals surface area (Å²) in [5.41, 5.74) is 3.41. The van der Waals surface area contributed by atoms with Gasteiger partial charge in [-0.3, -0.25) is 4.79 Å². The second kappa shape index (κ2) is 7.13. The Morgan fingerprint density at radius 2 is 1.86 bits per heavy atom. The van der Waals surface area contributed by atoms with E-state index in [0.717, 1.165) is 18.5 Å². The van der Waals surface area contributed by atoms with E-state index in [1.807, 2.05) is 6.07 Å². The van der Waals surface area contributed by atoms with Gasteiger partial charge < -0.3 is 10.6 Å². The molecule has 1 amide bonds. The number of hydrogen-bond donors (Lipinski definition) is 2. The Hall–Kier alpha value is -1.56. The van der Waals surface area contributed by atoms with Crippen molar-refractivity contribution in [2.24, 2.45) is 0 Å². The van der Waals surface area contributed by atoms with Gasteiger partial charge in [0.15, 0.2) is 9.84 Å². The number of nitrogens with one attached hydrogen (secondary N) is 2. The van der Waals surface area contributed by atoms with Crippen molar-refractivity contribution in [3.8, 4) is 0 Å². The van der Waals surface area contributed by atoms with Crippen molar-refractivity contribution in [3.63, 3.8) is 0 Å². The molecule has 2 N–H and O–H groups in total. The lowest BCUT2D eigenvalue weighted by Gasteiger charge is -2.16. The second-order valence-corrected chi connectivity index (χ2v) is 7.91. The molecular formula is C16H24N2O3S. The van der Waals surface area contributed by atoms with E-state index >= 15 is 0 Å². The number of anilines is 1.